The van der Waals surface area contributed by atoms with E-state index < -0.39 is 0 Å². The van der Waals surface area contributed by atoms with Gasteiger partial charge in [-0.2, -0.15) is 5.10 Å². The minimum absolute atomic E-state index is 0.0986. The molecule has 3 aromatic rings. The molecule has 1 aromatic carbocycles. The van der Waals surface area contributed by atoms with Crippen molar-refractivity contribution in [3.05, 3.63) is 52.1 Å². The number of para-hydroxylation sites is 1. The van der Waals surface area contributed by atoms with Crippen LogP contribution in [0.2, 0.25) is 0 Å². The molecule has 0 atom stereocenters. The van der Waals surface area contributed by atoms with E-state index in [1.807, 2.05) is 40.1 Å². The molecule has 1 N–H and O–H groups in total. The van der Waals surface area contributed by atoms with E-state index >= 15 is 0 Å². The summed E-state index contributed by atoms with van der Waals surface area (Å²) in [5.74, 6) is 0.890. The number of aromatic nitrogens is 3. The molecule has 8 heteroatoms. The highest BCUT2D eigenvalue weighted by Crippen LogP contribution is 2.26. The van der Waals surface area contributed by atoms with Crippen molar-refractivity contribution in [3.63, 3.8) is 0 Å². The van der Waals surface area contributed by atoms with Crippen molar-refractivity contribution in [3.8, 4) is 10.7 Å². The van der Waals surface area contributed by atoms with E-state index in [4.69, 9.17) is 12.2 Å². The van der Waals surface area contributed by atoms with Gasteiger partial charge in [0.05, 0.1) is 4.88 Å². The first-order valence-corrected chi connectivity index (χ1v) is 11.2. The average molecular weight is 428 g/mol. The molecule has 1 fully saturated rings. The second-order valence-corrected chi connectivity index (χ2v) is 8.64. The summed E-state index contributed by atoms with van der Waals surface area (Å²) < 4.78 is 2.45. The lowest BCUT2D eigenvalue weighted by Gasteiger charge is -2.24. The third-order valence-corrected chi connectivity index (χ3v) is 6.50. The fourth-order valence-electron chi connectivity index (χ4n) is 3.77. The van der Waals surface area contributed by atoms with E-state index in [2.05, 4.69) is 33.3 Å². The summed E-state index contributed by atoms with van der Waals surface area (Å²) in [6, 6.07) is 12.4. The predicted molar refractivity (Wildman–Crippen MR) is 120 cm³/mol. The summed E-state index contributed by atoms with van der Waals surface area (Å²) >= 11 is 6.98. The number of nitrogens with zero attached hydrogens (tertiary/aromatic N) is 4. The van der Waals surface area contributed by atoms with E-state index in [-0.39, 0.29) is 5.91 Å². The van der Waals surface area contributed by atoms with Crippen LogP contribution >= 0.6 is 23.6 Å². The Labute approximate surface area is 179 Å². The van der Waals surface area contributed by atoms with Crippen LogP contribution in [0, 0.1) is 4.77 Å². The van der Waals surface area contributed by atoms with Gasteiger partial charge < -0.3 is 9.80 Å². The summed E-state index contributed by atoms with van der Waals surface area (Å²) in [4.78, 5) is 18.1. The van der Waals surface area contributed by atoms with Crippen LogP contribution in [-0.4, -0.2) is 45.7 Å². The number of hydrogen-bond donors (Lipinski definition) is 1. The molecule has 4 rings (SSSR count). The zero-order valence-electron chi connectivity index (χ0n) is 16.5. The Morgan fingerprint density at radius 1 is 1.24 bits per heavy atom. The van der Waals surface area contributed by atoms with Crippen molar-refractivity contribution in [1.82, 2.24) is 19.7 Å². The molecule has 152 valence electrons. The van der Waals surface area contributed by atoms with Crippen molar-refractivity contribution in [2.75, 3.05) is 25.0 Å². The summed E-state index contributed by atoms with van der Waals surface area (Å²) in [5, 5.41) is 9.19. The third kappa shape index (κ3) is 4.43. The molecule has 1 saturated heterocycles. The van der Waals surface area contributed by atoms with Crippen LogP contribution in [0.3, 0.4) is 0 Å². The highest BCUT2D eigenvalue weighted by Gasteiger charge is 2.18. The number of nitrogens with one attached hydrogen (secondary N) is 1. The van der Waals surface area contributed by atoms with Gasteiger partial charge >= 0.3 is 0 Å². The molecule has 1 aliphatic heterocycles. The first kappa shape index (κ1) is 19.8. The zero-order valence-corrected chi connectivity index (χ0v) is 18.1. The van der Waals surface area contributed by atoms with Crippen LogP contribution in [0.4, 0.5) is 5.69 Å². The number of H-pyrrole nitrogens is 1. The largest absolute Gasteiger partial charge is 0.371 e. The second kappa shape index (κ2) is 8.92. The Kier molecular flexibility index (Phi) is 6.10. The van der Waals surface area contributed by atoms with Gasteiger partial charge in [-0.3, -0.25) is 14.5 Å². The van der Waals surface area contributed by atoms with Gasteiger partial charge in [-0.05, 0) is 48.1 Å². The number of benzene rings is 1. The Bertz CT molecular complexity index is 1020. The SMILES string of the molecule is CN(Cc1ccccc1N1CCCC1)C(=O)CCn1c(-c2cccs2)n[nH]c1=S. The summed E-state index contributed by atoms with van der Waals surface area (Å²) in [6.07, 6.45) is 2.86. The summed E-state index contributed by atoms with van der Waals surface area (Å²) in [7, 11) is 1.87. The lowest BCUT2D eigenvalue weighted by molar-refractivity contribution is -0.130. The molecule has 1 amide bonds. The number of aromatic amines is 1. The maximum absolute atomic E-state index is 12.8. The van der Waals surface area contributed by atoms with Gasteiger partial charge in [0.2, 0.25) is 5.91 Å². The molecule has 29 heavy (non-hydrogen) atoms. The number of anilines is 1. The van der Waals surface area contributed by atoms with Gasteiger partial charge in [0.1, 0.15) is 0 Å². The van der Waals surface area contributed by atoms with Gasteiger partial charge in [0.25, 0.3) is 0 Å². The quantitative estimate of drug-likeness (QED) is 0.571. The lowest BCUT2D eigenvalue weighted by Crippen LogP contribution is -2.28. The Morgan fingerprint density at radius 2 is 2.03 bits per heavy atom. The van der Waals surface area contributed by atoms with Crippen molar-refractivity contribution in [2.45, 2.75) is 32.4 Å². The first-order chi connectivity index (χ1) is 14.1. The third-order valence-electron chi connectivity index (χ3n) is 5.32. The monoisotopic (exact) mass is 427 g/mol. The van der Waals surface area contributed by atoms with Gasteiger partial charge in [0, 0.05) is 45.3 Å². The molecule has 3 heterocycles. The van der Waals surface area contributed by atoms with Crippen molar-refractivity contribution >= 4 is 35.1 Å². The molecule has 0 spiro atoms. The van der Waals surface area contributed by atoms with E-state index in [0.29, 0.717) is 24.3 Å². The number of thiophene rings is 1. The van der Waals surface area contributed by atoms with E-state index in [9.17, 15) is 4.79 Å². The van der Waals surface area contributed by atoms with Crippen molar-refractivity contribution in [1.29, 1.82) is 0 Å². The molecule has 2 aromatic heterocycles. The molecule has 0 aliphatic carbocycles. The second-order valence-electron chi connectivity index (χ2n) is 7.30. The fourth-order valence-corrected chi connectivity index (χ4v) is 4.72. The number of rotatable bonds is 7. The predicted octanol–water partition coefficient (Wildman–Crippen LogP) is 4.32. The number of hydrogen-bond acceptors (Lipinski definition) is 5. The zero-order chi connectivity index (χ0) is 20.2. The first-order valence-electron chi connectivity index (χ1n) is 9.89. The van der Waals surface area contributed by atoms with E-state index in [1.54, 1.807) is 11.3 Å². The lowest BCUT2D eigenvalue weighted by atomic mass is 10.1. The molecule has 6 nitrogen and oxygen atoms in total. The van der Waals surface area contributed by atoms with Crippen molar-refractivity contribution < 1.29 is 4.79 Å². The summed E-state index contributed by atoms with van der Waals surface area (Å²) in [6.45, 7) is 3.32. The van der Waals surface area contributed by atoms with E-state index in [1.165, 1.54) is 24.1 Å². The topological polar surface area (TPSA) is 57.2 Å². The van der Waals surface area contributed by atoms with Crippen LogP contribution in [-0.2, 0) is 17.9 Å². The minimum atomic E-state index is 0.0986. The highest BCUT2D eigenvalue weighted by molar-refractivity contribution is 7.71. The maximum atomic E-state index is 12.8. The molecule has 0 radical (unpaired) electrons. The van der Waals surface area contributed by atoms with Crippen LogP contribution in [0.1, 0.15) is 24.8 Å². The van der Waals surface area contributed by atoms with Gasteiger partial charge in [-0.1, -0.05) is 24.3 Å². The Hall–Kier alpha value is -2.45. The molecular weight excluding hydrogens is 402 g/mol. The number of amides is 1. The Morgan fingerprint density at radius 3 is 2.79 bits per heavy atom. The van der Waals surface area contributed by atoms with Gasteiger partial charge in [-0.15, -0.1) is 11.3 Å². The molecule has 1 aliphatic rings. The molecule has 0 saturated carbocycles. The fraction of sp³-hybridized carbons (Fsp3) is 0.381. The molecular formula is C21H25N5OS2. The highest BCUT2D eigenvalue weighted by atomic mass is 32.1. The normalized spacial score (nSPS) is 13.8. The van der Waals surface area contributed by atoms with Crippen LogP contribution in [0.5, 0.6) is 0 Å². The number of carbonyl (C=O) groups is 1. The Balaban J connectivity index is 1.42. The maximum Gasteiger partial charge on any atom is 0.224 e. The summed E-state index contributed by atoms with van der Waals surface area (Å²) in [5.41, 5.74) is 2.45. The van der Waals surface area contributed by atoms with Crippen LogP contribution < -0.4 is 4.90 Å². The standard InChI is InChI=1S/C21H25N5OS2/c1-24(15-16-7-2-3-8-17(16)25-11-4-5-12-25)19(27)10-13-26-20(22-23-21(26)28)18-9-6-14-29-18/h2-3,6-9,14H,4-5,10-13,15H2,1H3,(H,23,28). The minimum Gasteiger partial charge on any atom is -0.371 e. The smallest absolute Gasteiger partial charge is 0.224 e. The van der Waals surface area contributed by atoms with E-state index in [0.717, 1.165) is 23.8 Å². The van der Waals surface area contributed by atoms with Crippen molar-refractivity contribution in [2.24, 2.45) is 0 Å². The van der Waals surface area contributed by atoms with Crippen LogP contribution in [0.15, 0.2) is 41.8 Å². The average Bonchev–Trinajstić information content (AvgIpc) is 3.49. The van der Waals surface area contributed by atoms with Crippen LogP contribution in [0.25, 0.3) is 10.7 Å². The number of carbonyl (C=O) groups excluding carboxylic acids is 1. The molecule has 0 unspecified atom stereocenters. The van der Waals surface area contributed by atoms with Gasteiger partial charge in [-0.25, -0.2) is 0 Å². The van der Waals surface area contributed by atoms with Gasteiger partial charge in [0.15, 0.2) is 10.6 Å². The molecule has 0 bridgehead atoms.